The van der Waals surface area contributed by atoms with Gasteiger partial charge in [0.2, 0.25) is 0 Å². The number of aldehydes is 1. The zero-order valence-corrected chi connectivity index (χ0v) is 14.0. The van der Waals surface area contributed by atoms with Gasteiger partial charge in [-0.05, 0) is 5.56 Å². The number of halogens is 3. The van der Waals surface area contributed by atoms with E-state index in [2.05, 4.69) is 0 Å². The lowest BCUT2D eigenvalue weighted by Gasteiger charge is -2.21. The Hall–Kier alpha value is -2.59. The molecule has 0 aromatic heterocycles. The molecule has 1 aliphatic rings. The lowest BCUT2D eigenvalue weighted by Crippen LogP contribution is -2.31. The van der Waals surface area contributed by atoms with Gasteiger partial charge >= 0.3 is 10.2 Å². The molecule has 1 atom stereocenters. The van der Waals surface area contributed by atoms with Gasteiger partial charge in [-0.2, -0.15) is 13.1 Å². The maximum atomic E-state index is 14.4. The smallest absolute Gasteiger partial charge is 0.302 e. The maximum absolute atomic E-state index is 14.4. The number of carbonyl (C=O) groups excluding carboxylic acids is 1. The first-order valence-corrected chi connectivity index (χ1v) is 8.87. The van der Waals surface area contributed by atoms with E-state index in [1.54, 1.807) is 30.3 Å². The van der Waals surface area contributed by atoms with Crippen molar-refractivity contribution in [2.45, 2.75) is 12.6 Å². The van der Waals surface area contributed by atoms with Gasteiger partial charge in [0, 0.05) is 6.07 Å². The molecule has 1 heterocycles. The fourth-order valence-electron chi connectivity index (χ4n) is 2.51. The SMILES string of the molecule is O=CC1CN(c2c(F)c(F)cc(F)c2OCc2ccccc2)S(=O)(=O)N1. The summed E-state index contributed by atoms with van der Waals surface area (Å²) in [5, 5.41) is 0. The van der Waals surface area contributed by atoms with Crippen LogP contribution in [0.5, 0.6) is 5.75 Å². The standard InChI is InChI=1S/C16H13F3N2O4S/c17-12-6-13(18)16(25-9-10-4-2-1-3-5-10)15(14(12)19)21-7-11(8-22)20-26(21,23)24/h1-6,8,11,20H,7,9H2. The van der Waals surface area contributed by atoms with Crippen LogP contribution in [0.4, 0.5) is 18.9 Å². The maximum Gasteiger partial charge on any atom is 0.302 e. The van der Waals surface area contributed by atoms with Crippen LogP contribution >= 0.6 is 0 Å². The van der Waals surface area contributed by atoms with Crippen molar-refractivity contribution in [3.8, 4) is 5.75 Å². The molecule has 0 saturated carbocycles. The highest BCUT2D eigenvalue weighted by Crippen LogP contribution is 2.38. The molecule has 1 N–H and O–H groups in total. The molecule has 0 bridgehead atoms. The van der Waals surface area contributed by atoms with Crippen LogP contribution in [0.3, 0.4) is 0 Å². The van der Waals surface area contributed by atoms with Crippen molar-refractivity contribution in [1.29, 1.82) is 0 Å². The fourth-order valence-corrected chi connectivity index (χ4v) is 3.91. The molecular formula is C16H13F3N2O4S. The van der Waals surface area contributed by atoms with Gasteiger partial charge in [0.25, 0.3) is 0 Å². The van der Waals surface area contributed by atoms with Crippen LogP contribution in [-0.2, 0) is 21.6 Å². The number of carbonyl (C=O) groups is 1. The van der Waals surface area contributed by atoms with Crippen LogP contribution in [0.2, 0.25) is 0 Å². The van der Waals surface area contributed by atoms with Gasteiger partial charge < -0.3 is 9.53 Å². The molecule has 0 amide bonds. The minimum atomic E-state index is -4.36. The Labute approximate surface area is 147 Å². The van der Waals surface area contributed by atoms with Crippen LogP contribution in [0.25, 0.3) is 0 Å². The van der Waals surface area contributed by atoms with Crippen molar-refractivity contribution in [2.75, 3.05) is 10.8 Å². The number of anilines is 1. The summed E-state index contributed by atoms with van der Waals surface area (Å²) in [6.45, 7) is -0.721. The van der Waals surface area contributed by atoms with Gasteiger partial charge in [-0.25, -0.2) is 17.5 Å². The first-order valence-electron chi connectivity index (χ1n) is 7.43. The zero-order valence-electron chi connectivity index (χ0n) is 13.2. The average molecular weight is 386 g/mol. The van der Waals surface area contributed by atoms with E-state index in [1.807, 2.05) is 4.72 Å². The van der Waals surface area contributed by atoms with Crippen molar-refractivity contribution in [3.05, 3.63) is 59.4 Å². The predicted octanol–water partition coefficient (Wildman–Crippen LogP) is 1.90. The molecule has 0 aliphatic carbocycles. The van der Waals surface area contributed by atoms with Crippen molar-refractivity contribution in [2.24, 2.45) is 0 Å². The Balaban J connectivity index is 2.04. The molecule has 1 saturated heterocycles. The van der Waals surface area contributed by atoms with Gasteiger partial charge in [-0.3, -0.25) is 0 Å². The van der Waals surface area contributed by atoms with E-state index in [0.717, 1.165) is 0 Å². The number of nitrogens with one attached hydrogen (secondary N) is 1. The van der Waals surface area contributed by atoms with Gasteiger partial charge in [0.15, 0.2) is 23.2 Å². The third kappa shape index (κ3) is 3.37. The van der Waals surface area contributed by atoms with Gasteiger partial charge in [-0.1, -0.05) is 30.3 Å². The molecule has 2 aromatic carbocycles. The van der Waals surface area contributed by atoms with E-state index in [9.17, 15) is 26.4 Å². The molecule has 2 aromatic rings. The second kappa shape index (κ2) is 6.96. The van der Waals surface area contributed by atoms with E-state index in [0.29, 0.717) is 16.2 Å². The summed E-state index contributed by atoms with van der Waals surface area (Å²) >= 11 is 0. The summed E-state index contributed by atoms with van der Waals surface area (Å²) in [5.41, 5.74) is -0.314. The zero-order chi connectivity index (χ0) is 18.9. The number of nitrogens with zero attached hydrogens (tertiary/aromatic N) is 1. The third-order valence-corrected chi connectivity index (χ3v) is 5.21. The van der Waals surface area contributed by atoms with Crippen LogP contribution in [-0.4, -0.2) is 27.3 Å². The molecule has 1 unspecified atom stereocenters. The quantitative estimate of drug-likeness (QED) is 0.629. The molecule has 1 fully saturated rings. The lowest BCUT2D eigenvalue weighted by atomic mass is 10.2. The van der Waals surface area contributed by atoms with Crippen LogP contribution in [0.15, 0.2) is 36.4 Å². The Kier molecular flexibility index (Phi) is 4.88. The van der Waals surface area contributed by atoms with E-state index in [1.165, 1.54) is 0 Å². The summed E-state index contributed by atoms with van der Waals surface area (Å²) in [4.78, 5) is 10.9. The Bertz CT molecular complexity index is 938. The van der Waals surface area contributed by atoms with E-state index < -0.39 is 51.7 Å². The molecule has 1 aliphatic heterocycles. The molecule has 0 spiro atoms. The van der Waals surface area contributed by atoms with E-state index in [-0.39, 0.29) is 12.7 Å². The summed E-state index contributed by atoms with van der Waals surface area (Å²) in [5.74, 6) is -5.19. The normalized spacial score (nSPS) is 18.7. The second-order valence-electron chi connectivity index (χ2n) is 5.50. The van der Waals surface area contributed by atoms with E-state index >= 15 is 0 Å². The third-order valence-electron chi connectivity index (χ3n) is 3.70. The summed E-state index contributed by atoms with van der Waals surface area (Å²) in [6, 6.07) is 7.56. The first kappa shape index (κ1) is 18.2. The highest BCUT2D eigenvalue weighted by atomic mass is 32.2. The molecule has 10 heteroatoms. The average Bonchev–Trinajstić information content (AvgIpc) is 2.92. The van der Waals surface area contributed by atoms with Crippen molar-refractivity contribution < 1.29 is 31.1 Å². The number of hydrogen-bond donors (Lipinski definition) is 1. The first-order chi connectivity index (χ1) is 12.3. The molecule has 0 radical (unpaired) electrons. The van der Waals surface area contributed by atoms with E-state index in [4.69, 9.17) is 4.74 Å². The highest BCUT2D eigenvalue weighted by Gasteiger charge is 2.40. The van der Waals surface area contributed by atoms with Crippen LogP contribution < -0.4 is 13.8 Å². The van der Waals surface area contributed by atoms with Gasteiger partial charge in [0.1, 0.15) is 18.6 Å². The number of benzene rings is 2. The summed E-state index contributed by atoms with van der Waals surface area (Å²) in [7, 11) is -4.36. The van der Waals surface area contributed by atoms with Crippen molar-refractivity contribution in [3.63, 3.8) is 0 Å². The van der Waals surface area contributed by atoms with Gasteiger partial charge in [0.05, 0.1) is 12.6 Å². The van der Waals surface area contributed by atoms with Crippen LogP contribution in [0.1, 0.15) is 5.56 Å². The number of ether oxygens (including phenoxy) is 1. The largest absolute Gasteiger partial charge is 0.483 e. The fraction of sp³-hybridized carbons (Fsp3) is 0.188. The minimum absolute atomic E-state index is 0.200. The molecular weight excluding hydrogens is 373 g/mol. The molecule has 138 valence electrons. The number of hydrogen-bond acceptors (Lipinski definition) is 4. The minimum Gasteiger partial charge on any atom is -0.483 e. The molecule has 3 rings (SSSR count). The Morgan fingerprint density at radius 3 is 2.50 bits per heavy atom. The monoisotopic (exact) mass is 386 g/mol. The predicted molar refractivity (Wildman–Crippen MR) is 86.3 cm³/mol. The number of rotatable bonds is 5. The second-order valence-corrected chi connectivity index (χ2v) is 7.13. The van der Waals surface area contributed by atoms with Crippen molar-refractivity contribution in [1.82, 2.24) is 4.72 Å². The topological polar surface area (TPSA) is 75.7 Å². The lowest BCUT2D eigenvalue weighted by molar-refractivity contribution is -0.108. The van der Waals surface area contributed by atoms with Gasteiger partial charge in [-0.15, -0.1) is 0 Å². The van der Waals surface area contributed by atoms with Crippen LogP contribution in [0, 0.1) is 17.5 Å². The summed E-state index contributed by atoms with van der Waals surface area (Å²) in [6.07, 6.45) is 0.301. The molecule has 6 nitrogen and oxygen atoms in total. The highest BCUT2D eigenvalue weighted by molar-refractivity contribution is 7.91. The van der Waals surface area contributed by atoms with Crippen molar-refractivity contribution >= 4 is 22.2 Å². The summed E-state index contributed by atoms with van der Waals surface area (Å²) < 4.78 is 74.1. The molecule has 26 heavy (non-hydrogen) atoms. The Morgan fingerprint density at radius 2 is 1.88 bits per heavy atom. The Morgan fingerprint density at radius 1 is 1.19 bits per heavy atom.